The minimum Gasteiger partial charge on any atom is -0.373 e. The van der Waals surface area contributed by atoms with E-state index in [1.165, 1.54) is 0 Å². The first-order valence-electron chi connectivity index (χ1n) is 6.50. The van der Waals surface area contributed by atoms with Gasteiger partial charge in [-0.1, -0.05) is 6.07 Å². The lowest BCUT2D eigenvalue weighted by atomic mass is 10.1. The largest absolute Gasteiger partial charge is 0.373 e. The molecule has 0 saturated carbocycles. The molecule has 0 fully saturated rings. The number of hydrogen-bond donors (Lipinski definition) is 3. The molecule has 0 radical (unpaired) electrons. The SMILES string of the molecule is CNc1cccc(C(=O)NC(C)C(=O)NC(C)(C)C)n1. The van der Waals surface area contributed by atoms with E-state index in [0.29, 0.717) is 5.82 Å². The van der Waals surface area contributed by atoms with Crippen molar-refractivity contribution < 1.29 is 9.59 Å². The molecule has 0 spiro atoms. The highest BCUT2D eigenvalue weighted by atomic mass is 16.2. The number of rotatable bonds is 4. The van der Waals surface area contributed by atoms with Gasteiger partial charge in [-0.25, -0.2) is 4.98 Å². The van der Waals surface area contributed by atoms with Gasteiger partial charge in [0.15, 0.2) is 0 Å². The van der Waals surface area contributed by atoms with Crippen LogP contribution < -0.4 is 16.0 Å². The van der Waals surface area contributed by atoms with E-state index in [4.69, 9.17) is 0 Å². The van der Waals surface area contributed by atoms with Crippen molar-refractivity contribution in [3.63, 3.8) is 0 Å². The summed E-state index contributed by atoms with van der Waals surface area (Å²) in [6, 6.07) is 4.46. The van der Waals surface area contributed by atoms with Crippen LogP contribution in [0.25, 0.3) is 0 Å². The molecule has 1 atom stereocenters. The van der Waals surface area contributed by atoms with Gasteiger partial charge in [0.25, 0.3) is 5.91 Å². The summed E-state index contributed by atoms with van der Waals surface area (Å²) in [7, 11) is 1.73. The molecule has 1 rings (SSSR count). The van der Waals surface area contributed by atoms with Crippen LogP contribution in [0.2, 0.25) is 0 Å². The molecule has 1 aromatic heterocycles. The molecule has 0 saturated heterocycles. The molecule has 0 bridgehead atoms. The lowest BCUT2D eigenvalue weighted by molar-refractivity contribution is -0.124. The van der Waals surface area contributed by atoms with E-state index in [1.54, 1.807) is 32.2 Å². The number of pyridine rings is 1. The Balaban J connectivity index is 2.67. The summed E-state index contributed by atoms with van der Waals surface area (Å²) >= 11 is 0. The predicted octanol–water partition coefficient (Wildman–Crippen LogP) is 1.16. The van der Waals surface area contributed by atoms with Crippen molar-refractivity contribution >= 4 is 17.6 Å². The first-order valence-corrected chi connectivity index (χ1v) is 6.50. The summed E-state index contributed by atoms with van der Waals surface area (Å²) in [4.78, 5) is 28.0. The van der Waals surface area contributed by atoms with Crippen molar-refractivity contribution in [2.24, 2.45) is 0 Å². The van der Waals surface area contributed by atoms with E-state index in [0.717, 1.165) is 0 Å². The highest BCUT2D eigenvalue weighted by molar-refractivity contribution is 5.96. The molecule has 3 N–H and O–H groups in total. The molecular weight excluding hydrogens is 256 g/mol. The zero-order valence-corrected chi connectivity index (χ0v) is 12.6. The third kappa shape index (κ3) is 4.87. The Morgan fingerprint density at radius 2 is 1.90 bits per heavy atom. The van der Waals surface area contributed by atoms with E-state index in [1.807, 2.05) is 20.8 Å². The van der Waals surface area contributed by atoms with Crippen LogP contribution in [-0.2, 0) is 4.79 Å². The van der Waals surface area contributed by atoms with E-state index < -0.39 is 6.04 Å². The van der Waals surface area contributed by atoms with E-state index >= 15 is 0 Å². The fraction of sp³-hybridized carbons (Fsp3) is 0.500. The van der Waals surface area contributed by atoms with Crippen LogP contribution in [0.3, 0.4) is 0 Å². The van der Waals surface area contributed by atoms with Crippen molar-refractivity contribution in [1.82, 2.24) is 15.6 Å². The summed E-state index contributed by atoms with van der Waals surface area (Å²) in [6.07, 6.45) is 0. The number of carbonyl (C=O) groups is 2. The third-order valence-corrected chi connectivity index (χ3v) is 2.48. The standard InChI is InChI=1S/C14H22N4O2/c1-9(12(19)18-14(2,3)4)16-13(20)10-7-6-8-11(15-5)17-10/h6-9H,1-5H3,(H,15,17)(H,16,20)(H,18,19). The van der Waals surface area contributed by atoms with Gasteiger partial charge in [0.05, 0.1) is 0 Å². The van der Waals surface area contributed by atoms with Crippen LogP contribution in [0.1, 0.15) is 38.2 Å². The molecule has 0 aliphatic heterocycles. The van der Waals surface area contributed by atoms with Gasteiger partial charge in [0, 0.05) is 12.6 Å². The number of nitrogens with one attached hydrogen (secondary N) is 3. The Bertz CT molecular complexity index is 494. The maximum Gasteiger partial charge on any atom is 0.270 e. The Hall–Kier alpha value is -2.11. The zero-order chi connectivity index (χ0) is 15.3. The quantitative estimate of drug-likeness (QED) is 0.771. The number of hydrogen-bond acceptors (Lipinski definition) is 4. The lowest BCUT2D eigenvalue weighted by Crippen LogP contribution is -2.50. The van der Waals surface area contributed by atoms with Gasteiger partial charge in [-0.3, -0.25) is 9.59 Å². The number of amides is 2. The summed E-state index contributed by atoms with van der Waals surface area (Å²) in [5, 5.41) is 8.30. The van der Waals surface area contributed by atoms with Gasteiger partial charge in [0.2, 0.25) is 5.91 Å². The second-order valence-corrected chi connectivity index (χ2v) is 5.59. The fourth-order valence-electron chi connectivity index (χ4n) is 1.51. The van der Waals surface area contributed by atoms with Gasteiger partial charge in [-0.2, -0.15) is 0 Å². The first-order chi connectivity index (χ1) is 9.23. The number of carbonyl (C=O) groups excluding carboxylic acids is 2. The molecule has 6 heteroatoms. The third-order valence-electron chi connectivity index (χ3n) is 2.48. The van der Waals surface area contributed by atoms with Crippen LogP contribution >= 0.6 is 0 Å². The topological polar surface area (TPSA) is 83.1 Å². The molecule has 1 unspecified atom stereocenters. The number of nitrogens with zero attached hydrogens (tertiary/aromatic N) is 1. The molecule has 1 aromatic rings. The van der Waals surface area contributed by atoms with Gasteiger partial charge >= 0.3 is 0 Å². The van der Waals surface area contributed by atoms with Crippen LogP contribution in [-0.4, -0.2) is 35.4 Å². The maximum absolute atomic E-state index is 12.0. The Morgan fingerprint density at radius 1 is 1.25 bits per heavy atom. The minimum absolute atomic E-state index is 0.226. The summed E-state index contributed by atoms with van der Waals surface area (Å²) < 4.78 is 0. The number of anilines is 1. The maximum atomic E-state index is 12.0. The van der Waals surface area contributed by atoms with E-state index in [2.05, 4.69) is 20.9 Å². The van der Waals surface area contributed by atoms with Gasteiger partial charge in [-0.05, 0) is 39.8 Å². The monoisotopic (exact) mass is 278 g/mol. The van der Waals surface area contributed by atoms with Crippen LogP contribution in [0, 0.1) is 0 Å². The molecule has 1 heterocycles. The first kappa shape index (κ1) is 15.9. The second-order valence-electron chi connectivity index (χ2n) is 5.59. The van der Waals surface area contributed by atoms with Crippen molar-refractivity contribution in [1.29, 1.82) is 0 Å². The van der Waals surface area contributed by atoms with E-state index in [-0.39, 0.29) is 23.0 Å². The summed E-state index contributed by atoms with van der Waals surface area (Å²) in [6.45, 7) is 7.30. The summed E-state index contributed by atoms with van der Waals surface area (Å²) in [5.74, 6) is -0.00118. The Kier molecular flexibility index (Phi) is 5.07. The van der Waals surface area contributed by atoms with Crippen LogP contribution in [0.4, 0.5) is 5.82 Å². The average Bonchev–Trinajstić information content (AvgIpc) is 2.36. The summed E-state index contributed by atoms with van der Waals surface area (Å²) in [5.41, 5.74) is -0.0624. The van der Waals surface area contributed by atoms with Crippen molar-refractivity contribution in [3.8, 4) is 0 Å². The van der Waals surface area contributed by atoms with Gasteiger partial charge in [0.1, 0.15) is 17.6 Å². The smallest absolute Gasteiger partial charge is 0.270 e. The molecule has 110 valence electrons. The van der Waals surface area contributed by atoms with Crippen molar-refractivity contribution in [2.45, 2.75) is 39.3 Å². The van der Waals surface area contributed by atoms with E-state index in [9.17, 15) is 9.59 Å². The Morgan fingerprint density at radius 3 is 2.45 bits per heavy atom. The predicted molar refractivity (Wildman–Crippen MR) is 78.6 cm³/mol. The lowest BCUT2D eigenvalue weighted by Gasteiger charge is -2.23. The molecular formula is C14H22N4O2. The normalized spacial score (nSPS) is 12.4. The van der Waals surface area contributed by atoms with Gasteiger partial charge < -0.3 is 16.0 Å². The number of aromatic nitrogens is 1. The van der Waals surface area contributed by atoms with Crippen molar-refractivity contribution in [2.75, 3.05) is 12.4 Å². The highest BCUT2D eigenvalue weighted by Gasteiger charge is 2.21. The highest BCUT2D eigenvalue weighted by Crippen LogP contribution is 2.04. The molecule has 0 aliphatic rings. The van der Waals surface area contributed by atoms with Crippen LogP contribution in [0.15, 0.2) is 18.2 Å². The molecule has 20 heavy (non-hydrogen) atoms. The van der Waals surface area contributed by atoms with Crippen LogP contribution in [0.5, 0.6) is 0 Å². The average molecular weight is 278 g/mol. The van der Waals surface area contributed by atoms with Gasteiger partial charge in [-0.15, -0.1) is 0 Å². The molecule has 0 aromatic carbocycles. The minimum atomic E-state index is -0.623. The second kappa shape index (κ2) is 6.36. The molecule has 2 amide bonds. The Labute approximate surface area is 119 Å². The zero-order valence-electron chi connectivity index (χ0n) is 12.6. The fourth-order valence-corrected chi connectivity index (χ4v) is 1.51. The molecule has 0 aliphatic carbocycles. The molecule has 6 nitrogen and oxygen atoms in total. The van der Waals surface area contributed by atoms with Crippen molar-refractivity contribution in [3.05, 3.63) is 23.9 Å².